The van der Waals surface area contributed by atoms with Crippen LogP contribution >= 0.6 is 11.6 Å². The molecule has 0 aliphatic carbocycles. The van der Waals surface area contributed by atoms with Crippen LogP contribution in [0.1, 0.15) is 21.5 Å². The van der Waals surface area contributed by atoms with E-state index in [4.69, 9.17) is 26.3 Å². The maximum absolute atomic E-state index is 12.0. The number of methoxy groups -OCH3 is 2. The van der Waals surface area contributed by atoms with Gasteiger partial charge in [-0.15, -0.1) is 0 Å². The number of halogens is 1. The van der Waals surface area contributed by atoms with Crippen LogP contribution in [0.4, 0.5) is 5.82 Å². The number of esters is 1. The van der Waals surface area contributed by atoms with Gasteiger partial charge < -0.3 is 14.8 Å². The van der Waals surface area contributed by atoms with E-state index >= 15 is 0 Å². The van der Waals surface area contributed by atoms with E-state index in [1.54, 1.807) is 30.3 Å². The summed E-state index contributed by atoms with van der Waals surface area (Å²) in [6.45, 7) is 0.393. The molecule has 2 aromatic heterocycles. The minimum atomic E-state index is -0.539. The van der Waals surface area contributed by atoms with E-state index in [1.165, 1.54) is 20.4 Å². The molecule has 1 N–H and O–H groups in total. The first-order valence-corrected chi connectivity index (χ1v) is 8.29. The number of rotatable bonds is 5. The van der Waals surface area contributed by atoms with Crippen molar-refractivity contribution in [3.05, 3.63) is 58.2 Å². The highest BCUT2D eigenvalue weighted by Gasteiger charge is 2.17. The van der Waals surface area contributed by atoms with Gasteiger partial charge in [0.05, 0.1) is 25.3 Å². The van der Waals surface area contributed by atoms with Crippen molar-refractivity contribution in [3.63, 3.8) is 0 Å². The molecule has 27 heavy (non-hydrogen) atoms. The lowest BCUT2D eigenvalue weighted by Crippen LogP contribution is -2.07. The van der Waals surface area contributed by atoms with Crippen molar-refractivity contribution in [2.75, 3.05) is 19.5 Å². The van der Waals surface area contributed by atoms with Crippen LogP contribution in [-0.2, 0) is 11.3 Å². The second-order valence-electron chi connectivity index (χ2n) is 5.57. The largest absolute Gasteiger partial charge is 0.480 e. The predicted octanol–water partition coefficient (Wildman–Crippen LogP) is 3.56. The molecule has 3 aromatic rings. The Morgan fingerprint density at radius 3 is 2.74 bits per heavy atom. The van der Waals surface area contributed by atoms with E-state index in [0.717, 1.165) is 5.56 Å². The number of nitrogens with zero attached hydrogens (tertiary/aromatic N) is 3. The summed E-state index contributed by atoms with van der Waals surface area (Å²) in [6, 6.07) is 10.6. The summed E-state index contributed by atoms with van der Waals surface area (Å²) in [5.41, 5.74) is 2.15. The van der Waals surface area contributed by atoms with Crippen LogP contribution in [0.3, 0.4) is 0 Å². The van der Waals surface area contributed by atoms with Crippen molar-refractivity contribution >= 4 is 34.3 Å². The number of carbonyl (C=O) groups is 1. The van der Waals surface area contributed by atoms with Crippen molar-refractivity contribution in [3.8, 4) is 11.9 Å². The van der Waals surface area contributed by atoms with Gasteiger partial charge in [-0.25, -0.2) is 14.8 Å². The van der Waals surface area contributed by atoms with E-state index in [9.17, 15) is 4.79 Å². The topological polar surface area (TPSA) is 97.1 Å². The predicted molar refractivity (Wildman–Crippen MR) is 101 cm³/mol. The number of fused-ring (bicyclic) bond motifs is 1. The Morgan fingerprint density at radius 1 is 1.30 bits per heavy atom. The van der Waals surface area contributed by atoms with E-state index in [2.05, 4.69) is 15.3 Å². The van der Waals surface area contributed by atoms with Crippen molar-refractivity contribution in [1.82, 2.24) is 9.97 Å². The number of carbonyl (C=O) groups excluding carboxylic acids is 1. The van der Waals surface area contributed by atoms with E-state index in [0.29, 0.717) is 33.9 Å². The number of hydrogen-bond acceptors (Lipinski definition) is 7. The van der Waals surface area contributed by atoms with Crippen molar-refractivity contribution in [2.24, 2.45) is 0 Å². The third kappa shape index (κ3) is 3.91. The third-order valence-electron chi connectivity index (χ3n) is 3.88. The van der Waals surface area contributed by atoms with Crippen molar-refractivity contribution < 1.29 is 14.3 Å². The molecule has 8 heteroatoms. The van der Waals surface area contributed by atoms with Crippen molar-refractivity contribution in [1.29, 1.82) is 5.26 Å². The molecule has 0 saturated heterocycles. The van der Waals surface area contributed by atoms with Gasteiger partial charge in [-0.1, -0.05) is 11.6 Å². The van der Waals surface area contributed by atoms with Gasteiger partial charge in [0.1, 0.15) is 17.5 Å². The van der Waals surface area contributed by atoms with Crippen LogP contribution in [0.25, 0.3) is 10.9 Å². The smallest absolute Gasteiger partial charge is 0.343 e. The van der Waals surface area contributed by atoms with Gasteiger partial charge in [0.2, 0.25) is 5.88 Å². The molecule has 0 atom stereocenters. The summed E-state index contributed by atoms with van der Waals surface area (Å²) >= 11 is 6.23. The number of benzene rings is 1. The highest BCUT2D eigenvalue weighted by molar-refractivity contribution is 6.31. The quantitative estimate of drug-likeness (QED) is 0.673. The highest BCUT2D eigenvalue weighted by Crippen LogP contribution is 2.28. The average molecular weight is 383 g/mol. The lowest BCUT2D eigenvalue weighted by atomic mass is 10.1. The van der Waals surface area contributed by atoms with E-state index in [-0.39, 0.29) is 11.4 Å². The molecule has 136 valence electrons. The highest BCUT2D eigenvalue weighted by atomic mass is 35.5. The molecule has 0 radical (unpaired) electrons. The normalized spacial score (nSPS) is 10.3. The lowest BCUT2D eigenvalue weighted by molar-refractivity contribution is 0.0596. The number of nitriles is 1. The lowest BCUT2D eigenvalue weighted by Gasteiger charge is -2.12. The first-order valence-electron chi connectivity index (χ1n) is 7.91. The molecule has 7 nitrogen and oxygen atoms in total. The molecule has 0 bridgehead atoms. The Morgan fingerprint density at radius 2 is 2.11 bits per heavy atom. The molecule has 0 spiro atoms. The number of aromatic nitrogens is 2. The molecular weight excluding hydrogens is 368 g/mol. The maximum Gasteiger partial charge on any atom is 0.343 e. The van der Waals surface area contributed by atoms with Crippen LogP contribution in [-0.4, -0.2) is 30.2 Å². The Labute approximate surface area is 160 Å². The molecule has 0 saturated carbocycles. The summed E-state index contributed by atoms with van der Waals surface area (Å²) < 4.78 is 10.0. The summed E-state index contributed by atoms with van der Waals surface area (Å²) in [5, 5.41) is 13.2. The molecule has 0 amide bonds. The number of anilines is 1. The third-order valence-corrected chi connectivity index (χ3v) is 4.10. The van der Waals surface area contributed by atoms with Crippen LogP contribution in [0, 0.1) is 11.3 Å². The molecule has 0 aliphatic rings. The first-order chi connectivity index (χ1) is 13.0. The minimum Gasteiger partial charge on any atom is -0.480 e. The fourth-order valence-corrected chi connectivity index (χ4v) is 2.85. The number of pyridine rings is 2. The van der Waals surface area contributed by atoms with Gasteiger partial charge >= 0.3 is 5.97 Å². The fourth-order valence-electron chi connectivity index (χ4n) is 2.60. The van der Waals surface area contributed by atoms with Crippen LogP contribution in [0.5, 0.6) is 5.88 Å². The zero-order valence-corrected chi connectivity index (χ0v) is 15.4. The average Bonchev–Trinajstić information content (AvgIpc) is 2.70. The first kappa shape index (κ1) is 18.4. The molecule has 2 heterocycles. The summed E-state index contributed by atoms with van der Waals surface area (Å²) in [4.78, 5) is 20.6. The van der Waals surface area contributed by atoms with Crippen LogP contribution in [0.2, 0.25) is 5.02 Å². The molecule has 0 aliphatic heterocycles. The Hall–Kier alpha value is -3.37. The van der Waals surface area contributed by atoms with Gasteiger partial charge in [0.15, 0.2) is 0 Å². The van der Waals surface area contributed by atoms with Gasteiger partial charge in [0, 0.05) is 23.2 Å². The second kappa shape index (κ2) is 7.89. The molecule has 0 unspecified atom stereocenters. The molecule has 3 rings (SSSR count). The molecule has 1 aromatic carbocycles. The van der Waals surface area contributed by atoms with Gasteiger partial charge in [-0.05, 0) is 35.9 Å². The van der Waals surface area contributed by atoms with E-state index in [1.807, 2.05) is 6.07 Å². The SMILES string of the molecule is COC(=O)c1cc2cc(Cl)cc(CNc3ccc(C#N)cn3)c2nc1OC. The minimum absolute atomic E-state index is 0.175. The van der Waals surface area contributed by atoms with Gasteiger partial charge in [-0.2, -0.15) is 5.26 Å². The number of ether oxygens (including phenoxy) is 2. The zero-order chi connectivity index (χ0) is 19.4. The number of hydrogen-bond donors (Lipinski definition) is 1. The number of nitrogens with one attached hydrogen (secondary N) is 1. The zero-order valence-electron chi connectivity index (χ0n) is 14.6. The van der Waals surface area contributed by atoms with Crippen LogP contribution < -0.4 is 10.1 Å². The Kier molecular flexibility index (Phi) is 5.38. The van der Waals surface area contributed by atoms with Crippen LogP contribution in [0.15, 0.2) is 36.5 Å². The summed E-state index contributed by atoms with van der Waals surface area (Å²) in [7, 11) is 2.74. The second-order valence-corrected chi connectivity index (χ2v) is 6.01. The monoisotopic (exact) mass is 382 g/mol. The standard InChI is InChI=1S/C19H15ClN4O3/c1-26-18-15(19(25)27-2)7-12-5-14(20)6-13(17(12)24-18)10-23-16-4-3-11(8-21)9-22-16/h3-7,9H,10H2,1-2H3,(H,22,23). The molecular formula is C19H15ClN4O3. The van der Waals surface area contributed by atoms with Gasteiger partial charge in [0.25, 0.3) is 0 Å². The Bertz CT molecular complexity index is 1050. The Balaban J connectivity index is 1.99. The molecule has 0 fully saturated rings. The fraction of sp³-hybridized carbons (Fsp3) is 0.158. The summed E-state index contributed by atoms with van der Waals surface area (Å²) in [6.07, 6.45) is 1.49. The van der Waals surface area contributed by atoms with Gasteiger partial charge in [-0.3, -0.25) is 0 Å². The van der Waals surface area contributed by atoms with Crippen molar-refractivity contribution in [2.45, 2.75) is 6.54 Å². The van der Waals surface area contributed by atoms with E-state index < -0.39 is 5.97 Å². The summed E-state index contributed by atoms with van der Waals surface area (Å²) in [5.74, 6) is 0.248. The maximum atomic E-state index is 12.0.